The molecule has 5 aromatic rings. The zero-order valence-corrected chi connectivity index (χ0v) is 26.1. The molecule has 0 fully saturated rings. The molecule has 7 rings (SSSR count). The molecule has 0 aliphatic heterocycles. The third-order valence-corrected chi connectivity index (χ3v) is 8.85. The summed E-state index contributed by atoms with van der Waals surface area (Å²) in [5, 5.41) is 7.12. The molecule has 1 unspecified atom stereocenters. The number of fused-ring (bicyclic) bond motifs is 1. The molecule has 3 nitrogen and oxygen atoms in total. The standard InChI is InChI=1S/C43H39N3/c1-5-16-36(17-6-1)42(37-18-7-2-8-19-37)33-45(43-27-15-21-35-20-13-14-26-41(35)43)38-30-28-34(29-31-38)32-44-46(39-22-9-3-10-23-39)40-24-11-4-12-25-40/h1-12,15-19,21-24,27-33,40H,13-14,20,25-26H2/b44-32+. The Balaban J connectivity index is 1.28. The van der Waals surface area contributed by atoms with Crippen LogP contribution >= 0.6 is 0 Å². The Labute approximate surface area is 273 Å². The van der Waals surface area contributed by atoms with Crippen LogP contribution in [0.3, 0.4) is 0 Å². The first-order valence-corrected chi connectivity index (χ1v) is 16.4. The number of nitrogens with zero attached hydrogens (tertiary/aromatic N) is 3. The number of para-hydroxylation sites is 1. The van der Waals surface area contributed by atoms with Crippen LogP contribution < -0.4 is 9.91 Å². The average molecular weight is 598 g/mol. The average Bonchev–Trinajstić information content (AvgIpc) is 3.14. The van der Waals surface area contributed by atoms with Gasteiger partial charge in [-0.15, -0.1) is 0 Å². The summed E-state index contributed by atoms with van der Waals surface area (Å²) in [5.41, 5.74) is 11.0. The second-order valence-electron chi connectivity index (χ2n) is 11.9. The molecule has 0 heterocycles. The second kappa shape index (κ2) is 14.1. The summed E-state index contributed by atoms with van der Waals surface area (Å²) < 4.78 is 0. The maximum Gasteiger partial charge on any atom is 0.0743 e. The fourth-order valence-corrected chi connectivity index (χ4v) is 6.47. The van der Waals surface area contributed by atoms with Crippen LogP contribution in [-0.2, 0) is 12.8 Å². The van der Waals surface area contributed by atoms with E-state index in [9.17, 15) is 0 Å². The molecule has 0 radical (unpaired) electrons. The van der Waals surface area contributed by atoms with E-state index in [-0.39, 0.29) is 6.04 Å². The third-order valence-electron chi connectivity index (χ3n) is 8.85. The van der Waals surface area contributed by atoms with E-state index in [1.54, 1.807) is 0 Å². The van der Waals surface area contributed by atoms with Gasteiger partial charge < -0.3 is 4.90 Å². The van der Waals surface area contributed by atoms with Gasteiger partial charge in [0, 0.05) is 23.1 Å². The fraction of sp³-hybridized carbons (Fsp3) is 0.140. The lowest BCUT2D eigenvalue weighted by Crippen LogP contribution is -2.29. The number of rotatable bonds is 9. The van der Waals surface area contributed by atoms with E-state index in [0.29, 0.717) is 0 Å². The Hall–Kier alpha value is -5.41. The van der Waals surface area contributed by atoms with E-state index < -0.39 is 0 Å². The molecule has 226 valence electrons. The van der Waals surface area contributed by atoms with Crippen LogP contribution in [0.1, 0.15) is 47.1 Å². The van der Waals surface area contributed by atoms with Crippen molar-refractivity contribution < 1.29 is 0 Å². The zero-order chi connectivity index (χ0) is 31.0. The van der Waals surface area contributed by atoms with Crippen LogP contribution in [0.5, 0.6) is 0 Å². The lowest BCUT2D eigenvalue weighted by Gasteiger charge is -2.29. The lowest BCUT2D eigenvalue weighted by atomic mass is 9.90. The molecule has 0 saturated heterocycles. The summed E-state index contributed by atoms with van der Waals surface area (Å²) in [6, 6.07) is 47.7. The van der Waals surface area contributed by atoms with Gasteiger partial charge in [-0.2, -0.15) is 5.10 Å². The van der Waals surface area contributed by atoms with E-state index in [1.807, 2.05) is 12.3 Å². The smallest absolute Gasteiger partial charge is 0.0743 e. The van der Waals surface area contributed by atoms with Gasteiger partial charge in [0.1, 0.15) is 0 Å². The second-order valence-corrected chi connectivity index (χ2v) is 11.9. The minimum Gasteiger partial charge on any atom is -0.316 e. The Morgan fingerprint density at radius 2 is 1.30 bits per heavy atom. The molecule has 3 heteroatoms. The van der Waals surface area contributed by atoms with Crippen molar-refractivity contribution >= 4 is 28.8 Å². The van der Waals surface area contributed by atoms with Gasteiger partial charge in [-0.05, 0) is 90.3 Å². The van der Waals surface area contributed by atoms with Crippen molar-refractivity contribution in [3.63, 3.8) is 0 Å². The minimum atomic E-state index is 0.183. The fourth-order valence-electron chi connectivity index (χ4n) is 6.47. The molecule has 5 aromatic carbocycles. The maximum absolute atomic E-state index is 5.00. The van der Waals surface area contributed by atoms with Gasteiger partial charge in [-0.3, -0.25) is 5.01 Å². The van der Waals surface area contributed by atoms with Crippen molar-refractivity contribution in [2.24, 2.45) is 5.10 Å². The van der Waals surface area contributed by atoms with Gasteiger partial charge in [-0.1, -0.05) is 127 Å². The number of hydrogen-bond acceptors (Lipinski definition) is 3. The monoisotopic (exact) mass is 597 g/mol. The van der Waals surface area contributed by atoms with Crippen molar-refractivity contribution in [3.05, 3.63) is 192 Å². The zero-order valence-electron chi connectivity index (χ0n) is 26.1. The van der Waals surface area contributed by atoms with E-state index in [4.69, 9.17) is 5.10 Å². The van der Waals surface area contributed by atoms with Gasteiger partial charge in [0.15, 0.2) is 0 Å². The summed E-state index contributed by atoms with van der Waals surface area (Å²) >= 11 is 0. The largest absolute Gasteiger partial charge is 0.316 e. The Morgan fingerprint density at radius 1 is 0.630 bits per heavy atom. The molecule has 2 aliphatic carbocycles. The predicted octanol–water partition coefficient (Wildman–Crippen LogP) is 10.5. The van der Waals surface area contributed by atoms with Crippen molar-refractivity contribution in [2.45, 2.75) is 38.1 Å². The Morgan fingerprint density at radius 3 is 1.98 bits per heavy atom. The van der Waals surface area contributed by atoms with Crippen molar-refractivity contribution in [1.82, 2.24) is 0 Å². The van der Waals surface area contributed by atoms with E-state index in [0.717, 1.165) is 36.2 Å². The first kappa shape index (κ1) is 29.3. The molecular weight excluding hydrogens is 558 g/mol. The number of hydrazone groups is 1. The first-order chi connectivity index (χ1) is 22.8. The minimum absolute atomic E-state index is 0.183. The van der Waals surface area contributed by atoms with E-state index in [1.165, 1.54) is 46.4 Å². The Bertz CT molecular complexity index is 1810. The highest BCUT2D eigenvalue weighted by Crippen LogP contribution is 2.37. The van der Waals surface area contributed by atoms with Crippen molar-refractivity contribution in [2.75, 3.05) is 9.91 Å². The number of aryl methyl sites for hydroxylation is 1. The maximum atomic E-state index is 5.00. The number of anilines is 3. The van der Waals surface area contributed by atoms with Crippen molar-refractivity contribution in [3.8, 4) is 0 Å². The molecule has 0 spiro atoms. The molecule has 0 saturated carbocycles. The van der Waals surface area contributed by atoms with Crippen LogP contribution in [0, 0.1) is 0 Å². The first-order valence-electron chi connectivity index (χ1n) is 16.4. The molecule has 0 aromatic heterocycles. The summed E-state index contributed by atoms with van der Waals surface area (Å²) in [6.07, 6.45) is 18.6. The topological polar surface area (TPSA) is 18.8 Å². The Kier molecular flexibility index (Phi) is 9.00. The number of hydrogen-bond donors (Lipinski definition) is 0. The van der Waals surface area contributed by atoms with Crippen LogP contribution in [0.2, 0.25) is 0 Å². The summed E-state index contributed by atoms with van der Waals surface area (Å²) in [5.74, 6) is 0. The van der Waals surface area contributed by atoms with Gasteiger partial charge in [0.05, 0.1) is 17.9 Å². The summed E-state index contributed by atoms with van der Waals surface area (Å²) in [7, 11) is 0. The van der Waals surface area contributed by atoms with Crippen molar-refractivity contribution in [1.29, 1.82) is 0 Å². The van der Waals surface area contributed by atoms with E-state index in [2.05, 4.69) is 168 Å². The highest BCUT2D eigenvalue weighted by molar-refractivity contribution is 5.86. The lowest BCUT2D eigenvalue weighted by molar-refractivity contribution is 0.685. The molecular formula is C43H39N3. The normalized spacial score (nSPS) is 15.3. The molecule has 0 bridgehead atoms. The number of benzene rings is 5. The molecule has 0 N–H and O–H groups in total. The third kappa shape index (κ3) is 6.64. The highest BCUT2D eigenvalue weighted by Gasteiger charge is 2.20. The SMILES string of the molecule is C1=CCC(N(/N=C/c2ccc(N(C=C(c3ccccc3)c3ccccc3)c3cccc4c3CCCC4)cc2)c2ccccc2)C=C1. The molecule has 0 amide bonds. The highest BCUT2D eigenvalue weighted by atomic mass is 15.5. The molecule has 46 heavy (non-hydrogen) atoms. The van der Waals surface area contributed by atoms with Gasteiger partial charge in [0.2, 0.25) is 0 Å². The quantitative estimate of drug-likeness (QED) is 0.124. The van der Waals surface area contributed by atoms with Crippen LogP contribution in [0.25, 0.3) is 5.57 Å². The predicted molar refractivity (Wildman–Crippen MR) is 195 cm³/mol. The summed E-state index contributed by atoms with van der Waals surface area (Å²) in [4.78, 5) is 2.40. The van der Waals surface area contributed by atoms with Gasteiger partial charge in [-0.25, -0.2) is 0 Å². The molecule has 1 atom stereocenters. The van der Waals surface area contributed by atoms with Gasteiger partial charge in [0.25, 0.3) is 0 Å². The molecule has 2 aliphatic rings. The summed E-state index contributed by atoms with van der Waals surface area (Å²) in [6.45, 7) is 0. The van der Waals surface area contributed by atoms with Crippen LogP contribution in [-0.4, -0.2) is 12.3 Å². The van der Waals surface area contributed by atoms with Gasteiger partial charge >= 0.3 is 0 Å². The van der Waals surface area contributed by atoms with Crippen LogP contribution in [0.4, 0.5) is 17.1 Å². The van der Waals surface area contributed by atoms with Crippen LogP contribution in [0.15, 0.2) is 169 Å². The van der Waals surface area contributed by atoms with E-state index >= 15 is 0 Å². The number of allylic oxidation sites excluding steroid dienone is 2.